The highest BCUT2D eigenvalue weighted by molar-refractivity contribution is 7.13. The number of carboxylic acid groups (broad SMARTS) is 1. The Bertz CT molecular complexity index is 824. The average Bonchev–Trinajstić information content (AvgIpc) is 3.05. The number of nitrogens with zero attached hydrogens (tertiary/aromatic N) is 1. The Balaban J connectivity index is 1.91. The van der Waals surface area contributed by atoms with Crippen molar-refractivity contribution < 1.29 is 23.9 Å². The van der Waals surface area contributed by atoms with E-state index in [9.17, 15) is 23.9 Å². The van der Waals surface area contributed by atoms with Crippen molar-refractivity contribution in [2.24, 2.45) is 11.7 Å². The molecule has 0 saturated heterocycles. The van der Waals surface area contributed by atoms with Gasteiger partial charge in [-0.3, -0.25) is 9.59 Å². The van der Waals surface area contributed by atoms with E-state index >= 15 is 0 Å². The van der Waals surface area contributed by atoms with Gasteiger partial charge in [0.1, 0.15) is 16.6 Å². The summed E-state index contributed by atoms with van der Waals surface area (Å²) in [6, 6.07) is 5.57. The number of primary amides is 1. The van der Waals surface area contributed by atoms with Crippen molar-refractivity contribution in [3.8, 4) is 10.6 Å². The first kappa shape index (κ1) is 20.5. The molecule has 4 N–H and O–H groups in total. The zero-order valence-corrected chi connectivity index (χ0v) is 15.3. The van der Waals surface area contributed by atoms with Crippen molar-refractivity contribution in [1.82, 2.24) is 10.3 Å². The molecule has 2 aromatic rings. The molecular formula is C18H20FN3O4S. The lowest BCUT2D eigenvalue weighted by molar-refractivity contribution is -0.144. The lowest BCUT2D eigenvalue weighted by atomic mass is 9.95. The van der Waals surface area contributed by atoms with Gasteiger partial charge in [-0.15, -0.1) is 11.3 Å². The normalized spacial score (nSPS) is 11.7. The van der Waals surface area contributed by atoms with Gasteiger partial charge in [0.25, 0.3) is 0 Å². The lowest BCUT2D eigenvalue weighted by Gasteiger charge is -2.11. The molecule has 0 unspecified atom stereocenters. The zero-order chi connectivity index (χ0) is 19.8. The van der Waals surface area contributed by atoms with Crippen LogP contribution in [0.3, 0.4) is 0 Å². The van der Waals surface area contributed by atoms with Gasteiger partial charge in [-0.2, -0.15) is 0 Å². The molecule has 9 heteroatoms. The van der Waals surface area contributed by atoms with Gasteiger partial charge in [0.2, 0.25) is 0 Å². The van der Waals surface area contributed by atoms with Gasteiger partial charge < -0.3 is 16.2 Å². The number of urea groups is 1. The molecule has 0 aliphatic heterocycles. The summed E-state index contributed by atoms with van der Waals surface area (Å²) in [5.41, 5.74) is 5.80. The van der Waals surface area contributed by atoms with Crippen LogP contribution >= 0.6 is 11.3 Å². The minimum absolute atomic E-state index is 0.00569. The number of hydrogen-bond acceptors (Lipinski definition) is 5. The average molecular weight is 393 g/mol. The third-order valence-corrected chi connectivity index (χ3v) is 4.81. The maximum atomic E-state index is 13.8. The minimum atomic E-state index is -1.06. The summed E-state index contributed by atoms with van der Waals surface area (Å²) in [7, 11) is 0. The highest BCUT2D eigenvalue weighted by Crippen LogP contribution is 2.26. The summed E-state index contributed by atoms with van der Waals surface area (Å²) in [6.45, 7) is 0.255. The number of nitrogens with one attached hydrogen (secondary N) is 1. The Hall–Kier alpha value is -2.81. The lowest BCUT2D eigenvalue weighted by Crippen LogP contribution is -2.30. The highest BCUT2D eigenvalue weighted by Gasteiger charge is 2.21. The van der Waals surface area contributed by atoms with Gasteiger partial charge in [-0.25, -0.2) is 14.2 Å². The molecule has 1 atom stereocenters. The Labute approximate surface area is 159 Å². The molecule has 1 aromatic heterocycles. The van der Waals surface area contributed by atoms with Crippen molar-refractivity contribution in [3.05, 3.63) is 41.2 Å². The van der Waals surface area contributed by atoms with Gasteiger partial charge in [-0.05, 0) is 25.0 Å². The highest BCUT2D eigenvalue weighted by atomic mass is 32.1. The van der Waals surface area contributed by atoms with Crippen LogP contribution in [0.15, 0.2) is 29.6 Å². The molecule has 2 rings (SSSR count). The molecule has 27 heavy (non-hydrogen) atoms. The largest absolute Gasteiger partial charge is 0.481 e. The molecule has 0 aliphatic rings. The second kappa shape index (κ2) is 9.77. The molecule has 1 heterocycles. The van der Waals surface area contributed by atoms with Crippen molar-refractivity contribution in [3.63, 3.8) is 0 Å². The third-order valence-electron chi connectivity index (χ3n) is 3.89. The van der Waals surface area contributed by atoms with Gasteiger partial charge in [0.15, 0.2) is 0 Å². The first-order valence-electron chi connectivity index (χ1n) is 8.34. The van der Waals surface area contributed by atoms with E-state index in [1.165, 1.54) is 17.4 Å². The number of carbonyl (C=O) groups excluding carboxylic acids is 2. The molecule has 0 fully saturated rings. The summed E-state index contributed by atoms with van der Waals surface area (Å²) >= 11 is 1.23. The van der Waals surface area contributed by atoms with Gasteiger partial charge >= 0.3 is 12.0 Å². The second-order valence-electron chi connectivity index (χ2n) is 6.01. The van der Waals surface area contributed by atoms with Crippen LogP contribution in [0.5, 0.6) is 0 Å². The van der Waals surface area contributed by atoms with Crippen molar-refractivity contribution >= 4 is 29.1 Å². The Kier molecular flexibility index (Phi) is 7.42. The number of aliphatic carboxylic acids is 1. The van der Waals surface area contributed by atoms with E-state index in [2.05, 4.69) is 10.3 Å². The number of nitrogens with two attached hydrogens (primary N) is 1. The van der Waals surface area contributed by atoms with Crippen LogP contribution in [-0.4, -0.2) is 34.4 Å². The second-order valence-corrected chi connectivity index (χ2v) is 6.87. The minimum Gasteiger partial charge on any atom is -0.481 e. The van der Waals surface area contributed by atoms with Crippen LogP contribution in [0.4, 0.5) is 9.18 Å². The fourth-order valence-corrected chi connectivity index (χ4v) is 3.41. The molecule has 0 saturated carbocycles. The van der Waals surface area contributed by atoms with Crippen molar-refractivity contribution in [2.45, 2.75) is 25.7 Å². The molecular weight excluding hydrogens is 373 g/mol. The van der Waals surface area contributed by atoms with E-state index in [4.69, 9.17) is 5.73 Å². The molecule has 0 bridgehead atoms. The molecule has 0 aliphatic carbocycles. The van der Waals surface area contributed by atoms with Crippen molar-refractivity contribution in [2.75, 3.05) is 6.54 Å². The Morgan fingerprint density at radius 3 is 2.70 bits per heavy atom. The first-order valence-corrected chi connectivity index (χ1v) is 9.22. The fraction of sp³-hybridized carbons (Fsp3) is 0.333. The van der Waals surface area contributed by atoms with Gasteiger partial charge in [0.05, 0.1) is 11.6 Å². The van der Waals surface area contributed by atoms with E-state index in [-0.39, 0.29) is 37.4 Å². The number of benzene rings is 1. The molecule has 0 radical (unpaired) electrons. The van der Waals surface area contributed by atoms with Crippen LogP contribution < -0.4 is 11.1 Å². The number of carbonyl (C=O) groups is 3. The fourth-order valence-electron chi connectivity index (χ4n) is 2.57. The molecule has 144 valence electrons. The molecule has 1 aromatic carbocycles. The zero-order valence-electron chi connectivity index (χ0n) is 14.5. The summed E-state index contributed by atoms with van der Waals surface area (Å²) in [5, 5.41) is 13.8. The van der Waals surface area contributed by atoms with E-state index in [0.29, 0.717) is 22.7 Å². The molecule has 0 spiro atoms. The first-order chi connectivity index (χ1) is 12.9. The number of rotatable bonds is 10. The van der Waals surface area contributed by atoms with Gasteiger partial charge in [0, 0.05) is 30.3 Å². The summed E-state index contributed by atoms with van der Waals surface area (Å²) in [6.07, 6.45) is 0.521. The maximum absolute atomic E-state index is 13.8. The Morgan fingerprint density at radius 2 is 2.04 bits per heavy atom. The van der Waals surface area contributed by atoms with E-state index in [1.54, 1.807) is 23.6 Å². The van der Waals surface area contributed by atoms with Crippen LogP contribution in [0, 0.1) is 11.7 Å². The number of amides is 2. The van der Waals surface area contributed by atoms with E-state index in [1.807, 2.05) is 0 Å². The van der Waals surface area contributed by atoms with Gasteiger partial charge in [-0.1, -0.05) is 12.1 Å². The standard InChI is InChI=1S/C18H20FN3O4S/c19-15-6-2-1-5-14(15)16-22-12(10-27-16)9-13(23)8-11(17(24)25)4-3-7-21-18(20)26/h1-2,5-6,10-11H,3-4,7-9H2,(H,24,25)(H3,20,21,26)/t11-/m0/s1. The number of ketones is 1. The number of carboxylic acids is 1. The number of Topliss-reactive ketones (excluding diaryl/α,β-unsaturated/α-hetero) is 1. The number of aromatic nitrogens is 1. The number of thiazole rings is 1. The quantitative estimate of drug-likeness (QED) is 0.536. The topological polar surface area (TPSA) is 122 Å². The predicted molar refractivity (Wildman–Crippen MR) is 98.8 cm³/mol. The predicted octanol–water partition coefficient (Wildman–Crippen LogP) is 2.60. The SMILES string of the molecule is NC(=O)NCCC[C@@H](CC(=O)Cc1csc(-c2ccccc2F)n1)C(=O)O. The van der Waals surface area contributed by atoms with Crippen LogP contribution in [0.25, 0.3) is 10.6 Å². The summed E-state index contributed by atoms with van der Waals surface area (Å²) in [5.74, 6) is -2.54. The van der Waals surface area contributed by atoms with Crippen molar-refractivity contribution in [1.29, 1.82) is 0 Å². The molecule has 7 nitrogen and oxygen atoms in total. The van der Waals surface area contributed by atoms with Crippen LogP contribution in [-0.2, 0) is 16.0 Å². The van der Waals surface area contributed by atoms with E-state index in [0.717, 1.165) is 0 Å². The maximum Gasteiger partial charge on any atom is 0.312 e. The van der Waals surface area contributed by atoms with Crippen LogP contribution in [0.1, 0.15) is 25.0 Å². The molecule has 2 amide bonds. The monoisotopic (exact) mass is 393 g/mol. The van der Waals surface area contributed by atoms with Crippen LogP contribution in [0.2, 0.25) is 0 Å². The Morgan fingerprint density at radius 1 is 1.30 bits per heavy atom. The third kappa shape index (κ3) is 6.45. The smallest absolute Gasteiger partial charge is 0.312 e. The van der Waals surface area contributed by atoms with E-state index < -0.39 is 17.9 Å². The summed E-state index contributed by atoms with van der Waals surface area (Å²) < 4.78 is 13.8. The number of halogens is 1. The number of hydrogen-bond donors (Lipinski definition) is 3. The summed E-state index contributed by atoms with van der Waals surface area (Å²) in [4.78, 5) is 38.4.